The summed E-state index contributed by atoms with van der Waals surface area (Å²) < 4.78 is 0. The Balaban J connectivity index is 1.73. The molecule has 0 bridgehead atoms. The zero-order chi connectivity index (χ0) is 14.1. The third kappa shape index (κ3) is 3.00. The van der Waals surface area contributed by atoms with Gasteiger partial charge in [-0.1, -0.05) is 43.0 Å². The highest BCUT2D eigenvalue weighted by molar-refractivity contribution is 6.33. The molecular weight excluding hydrogens is 289 g/mol. The summed E-state index contributed by atoms with van der Waals surface area (Å²) in [6.07, 6.45) is 6.72. The Bertz CT molecular complexity index is 462. The zero-order valence-corrected chi connectivity index (χ0v) is 13.6. The summed E-state index contributed by atoms with van der Waals surface area (Å²) in [6.45, 7) is 3.22. The molecule has 3 atom stereocenters. The molecule has 0 heterocycles. The highest BCUT2D eigenvalue weighted by Crippen LogP contribution is 2.57. The summed E-state index contributed by atoms with van der Waals surface area (Å²) in [4.78, 5) is 0. The number of rotatable bonds is 5. The molecule has 3 heteroatoms. The number of benzene rings is 1. The molecule has 2 fully saturated rings. The van der Waals surface area contributed by atoms with Gasteiger partial charge in [0.25, 0.3) is 0 Å². The van der Waals surface area contributed by atoms with E-state index in [1.165, 1.54) is 31.2 Å². The van der Waals surface area contributed by atoms with Gasteiger partial charge in [0, 0.05) is 16.1 Å². The molecule has 1 aromatic rings. The molecule has 1 aromatic carbocycles. The SMILES string of the molecule is CCNC(Cc1cc(Cl)ccc1Cl)C1C2CCCCC21. The smallest absolute Gasteiger partial charge is 0.0439 e. The fourth-order valence-electron chi connectivity index (χ4n) is 4.19. The first-order chi connectivity index (χ1) is 9.70. The van der Waals surface area contributed by atoms with Crippen molar-refractivity contribution < 1.29 is 0 Å². The molecule has 1 nitrogen and oxygen atoms in total. The lowest BCUT2D eigenvalue weighted by Crippen LogP contribution is -2.34. The minimum absolute atomic E-state index is 0.559. The van der Waals surface area contributed by atoms with Gasteiger partial charge in [0.15, 0.2) is 0 Å². The van der Waals surface area contributed by atoms with E-state index in [9.17, 15) is 0 Å². The van der Waals surface area contributed by atoms with Crippen molar-refractivity contribution in [2.45, 2.75) is 45.1 Å². The van der Waals surface area contributed by atoms with Gasteiger partial charge in [-0.15, -0.1) is 0 Å². The molecule has 1 N–H and O–H groups in total. The van der Waals surface area contributed by atoms with Crippen LogP contribution in [0.3, 0.4) is 0 Å². The lowest BCUT2D eigenvalue weighted by molar-refractivity contribution is 0.437. The molecule has 110 valence electrons. The van der Waals surface area contributed by atoms with E-state index in [1.807, 2.05) is 18.2 Å². The second-order valence-electron chi connectivity index (χ2n) is 6.29. The largest absolute Gasteiger partial charge is 0.314 e. The maximum absolute atomic E-state index is 6.33. The van der Waals surface area contributed by atoms with Crippen LogP contribution in [0.15, 0.2) is 18.2 Å². The number of likely N-dealkylation sites (N-methyl/N-ethyl adjacent to an activating group) is 1. The molecule has 3 unspecified atom stereocenters. The van der Waals surface area contributed by atoms with Gasteiger partial charge in [0.05, 0.1) is 0 Å². The van der Waals surface area contributed by atoms with Gasteiger partial charge in [0.1, 0.15) is 0 Å². The highest BCUT2D eigenvalue weighted by Gasteiger charge is 2.53. The third-order valence-electron chi connectivity index (χ3n) is 5.10. The van der Waals surface area contributed by atoms with Crippen LogP contribution in [0.5, 0.6) is 0 Å². The molecular formula is C17H23Cl2N. The van der Waals surface area contributed by atoms with Crippen molar-refractivity contribution in [3.8, 4) is 0 Å². The van der Waals surface area contributed by atoms with Crippen LogP contribution in [-0.2, 0) is 6.42 Å². The second-order valence-corrected chi connectivity index (χ2v) is 7.14. The minimum atomic E-state index is 0.559. The molecule has 0 amide bonds. The van der Waals surface area contributed by atoms with Crippen LogP contribution in [-0.4, -0.2) is 12.6 Å². The van der Waals surface area contributed by atoms with E-state index in [0.717, 1.165) is 40.8 Å². The van der Waals surface area contributed by atoms with E-state index < -0.39 is 0 Å². The lowest BCUT2D eigenvalue weighted by atomic mass is 9.99. The van der Waals surface area contributed by atoms with Gasteiger partial charge in [0.2, 0.25) is 0 Å². The average Bonchev–Trinajstić information content (AvgIpc) is 3.16. The van der Waals surface area contributed by atoms with Crippen LogP contribution in [0, 0.1) is 17.8 Å². The zero-order valence-electron chi connectivity index (χ0n) is 12.0. The normalized spacial score (nSPS) is 29.9. The lowest BCUT2D eigenvalue weighted by Gasteiger charge is -2.19. The maximum atomic E-state index is 6.33. The van der Waals surface area contributed by atoms with Gasteiger partial charge in [-0.05, 0) is 67.3 Å². The third-order valence-corrected chi connectivity index (χ3v) is 5.71. The summed E-state index contributed by atoms with van der Waals surface area (Å²) in [6, 6.07) is 6.37. The predicted octanol–water partition coefficient (Wildman–Crippen LogP) is 4.95. The van der Waals surface area contributed by atoms with E-state index >= 15 is 0 Å². The van der Waals surface area contributed by atoms with Crippen LogP contribution >= 0.6 is 23.2 Å². The second kappa shape index (κ2) is 6.25. The highest BCUT2D eigenvalue weighted by atomic mass is 35.5. The van der Waals surface area contributed by atoms with E-state index in [-0.39, 0.29) is 0 Å². The first-order valence-electron chi connectivity index (χ1n) is 7.88. The van der Waals surface area contributed by atoms with E-state index in [0.29, 0.717) is 6.04 Å². The number of hydrogen-bond donors (Lipinski definition) is 1. The van der Waals surface area contributed by atoms with Crippen molar-refractivity contribution in [2.75, 3.05) is 6.54 Å². The predicted molar refractivity (Wildman–Crippen MR) is 86.6 cm³/mol. The summed E-state index contributed by atoms with van der Waals surface area (Å²) in [5.41, 5.74) is 1.19. The molecule has 0 aromatic heterocycles. The van der Waals surface area contributed by atoms with Crippen LogP contribution < -0.4 is 5.32 Å². The Morgan fingerprint density at radius 2 is 1.90 bits per heavy atom. The number of nitrogens with one attached hydrogen (secondary N) is 1. The molecule has 3 rings (SSSR count). The van der Waals surface area contributed by atoms with Gasteiger partial charge in [-0.3, -0.25) is 0 Å². The van der Waals surface area contributed by atoms with E-state index in [1.54, 1.807) is 0 Å². The quantitative estimate of drug-likeness (QED) is 0.811. The summed E-state index contributed by atoms with van der Waals surface area (Å²) in [5.74, 6) is 2.78. The summed E-state index contributed by atoms with van der Waals surface area (Å²) in [7, 11) is 0. The summed E-state index contributed by atoms with van der Waals surface area (Å²) >= 11 is 12.4. The van der Waals surface area contributed by atoms with Crippen molar-refractivity contribution >= 4 is 23.2 Å². The molecule has 2 saturated carbocycles. The van der Waals surface area contributed by atoms with E-state index in [4.69, 9.17) is 23.2 Å². The van der Waals surface area contributed by atoms with Crippen LogP contribution in [0.4, 0.5) is 0 Å². The van der Waals surface area contributed by atoms with E-state index in [2.05, 4.69) is 12.2 Å². The number of halogens is 2. The Labute approximate surface area is 132 Å². The Morgan fingerprint density at radius 1 is 1.20 bits per heavy atom. The number of hydrogen-bond acceptors (Lipinski definition) is 1. The molecule has 0 radical (unpaired) electrons. The molecule has 0 spiro atoms. The van der Waals surface area contributed by atoms with Crippen molar-refractivity contribution in [3.05, 3.63) is 33.8 Å². The maximum Gasteiger partial charge on any atom is 0.0439 e. The topological polar surface area (TPSA) is 12.0 Å². The molecule has 0 saturated heterocycles. The van der Waals surface area contributed by atoms with Crippen molar-refractivity contribution in [1.29, 1.82) is 0 Å². The Kier molecular flexibility index (Phi) is 4.59. The van der Waals surface area contributed by atoms with Gasteiger partial charge >= 0.3 is 0 Å². The van der Waals surface area contributed by atoms with Crippen molar-refractivity contribution in [1.82, 2.24) is 5.32 Å². The molecule has 2 aliphatic carbocycles. The van der Waals surface area contributed by atoms with Crippen molar-refractivity contribution in [2.24, 2.45) is 17.8 Å². The summed E-state index contributed by atoms with van der Waals surface area (Å²) in [5, 5.41) is 5.33. The molecule has 2 aliphatic rings. The minimum Gasteiger partial charge on any atom is -0.314 e. The number of fused-ring (bicyclic) bond motifs is 1. The first kappa shape index (κ1) is 14.7. The average molecular weight is 312 g/mol. The fourth-order valence-corrected chi connectivity index (χ4v) is 4.58. The molecule has 20 heavy (non-hydrogen) atoms. The van der Waals surface area contributed by atoms with Gasteiger partial charge < -0.3 is 5.32 Å². The van der Waals surface area contributed by atoms with Gasteiger partial charge in [-0.2, -0.15) is 0 Å². The standard InChI is InChI=1S/C17H23Cl2N/c1-2-20-16(17-13-5-3-4-6-14(13)17)10-11-9-12(18)7-8-15(11)19/h7-9,13-14,16-17,20H,2-6,10H2,1H3. The Morgan fingerprint density at radius 3 is 2.55 bits per heavy atom. The monoisotopic (exact) mass is 311 g/mol. The van der Waals surface area contributed by atoms with Crippen molar-refractivity contribution in [3.63, 3.8) is 0 Å². The first-order valence-corrected chi connectivity index (χ1v) is 8.63. The van der Waals surface area contributed by atoms with Crippen LogP contribution in [0.2, 0.25) is 10.0 Å². The fraction of sp³-hybridized carbons (Fsp3) is 0.647. The Hall–Kier alpha value is -0.240. The van der Waals surface area contributed by atoms with Crippen LogP contribution in [0.25, 0.3) is 0 Å². The van der Waals surface area contributed by atoms with Crippen LogP contribution in [0.1, 0.15) is 38.2 Å². The van der Waals surface area contributed by atoms with Gasteiger partial charge in [-0.25, -0.2) is 0 Å². The molecule has 0 aliphatic heterocycles.